The summed E-state index contributed by atoms with van der Waals surface area (Å²) in [7, 11) is 0. The molecule has 0 aliphatic heterocycles. The molecule has 0 radical (unpaired) electrons. The van der Waals surface area contributed by atoms with E-state index in [0.717, 1.165) is 29.5 Å². The Kier molecular flexibility index (Phi) is 3.37. The van der Waals surface area contributed by atoms with E-state index >= 15 is 0 Å². The van der Waals surface area contributed by atoms with Crippen molar-refractivity contribution < 1.29 is 5.11 Å². The molecule has 0 heterocycles. The SMILES string of the molecule is Cc1cc(C)c(C2(CN)CCCC2)c(O)c1Cl. The van der Waals surface area contributed by atoms with Gasteiger partial charge in [-0.3, -0.25) is 0 Å². The number of halogens is 1. The zero-order valence-electron chi connectivity index (χ0n) is 10.5. The topological polar surface area (TPSA) is 46.2 Å². The van der Waals surface area contributed by atoms with E-state index in [-0.39, 0.29) is 11.2 Å². The molecule has 0 spiro atoms. The summed E-state index contributed by atoms with van der Waals surface area (Å²) < 4.78 is 0. The lowest BCUT2D eigenvalue weighted by Crippen LogP contribution is -2.33. The molecule has 2 rings (SSSR count). The molecule has 3 N–H and O–H groups in total. The lowest BCUT2D eigenvalue weighted by Gasteiger charge is -2.31. The molecule has 3 heteroatoms. The fourth-order valence-electron chi connectivity index (χ4n) is 3.22. The van der Waals surface area contributed by atoms with Gasteiger partial charge in [-0.05, 0) is 37.8 Å². The molecule has 17 heavy (non-hydrogen) atoms. The summed E-state index contributed by atoms with van der Waals surface area (Å²) in [6.45, 7) is 4.54. The van der Waals surface area contributed by atoms with Crippen LogP contribution in [0.3, 0.4) is 0 Å². The van der Waals surface area contributed by atoms with Gasteiger partial charge in [-0.25, -0.2) is 0 Å². The molecule has 0 aromatic heterocycles. The minimum Gasteiger partial charge on any atom is -0.506 e. The Bertz CT molecular complexity index is 436. The zero-order valence-corrected chi connectivity index (χ0v) is 11.3. The third-order valence-electron chi connectivity index (χ3n) is 4.10. The largest absolute Gasteiger partial charge is 0.506 e. The average molecular weight is 254 g/mol. The fraction of sp³-hybridized carbons (Fsp3) is 0.571. The van der Waals surface area contributed by atoms with Gasteiger partial charge in [-0.15, -0.1) is 0 Å². The zero-order chi connectivity index (χ0) is 12.6. The molecular weight excluding hydrogens is 234 g/mol. The maximum Gasteiger partial charge on any atom is 0.138 e. The van der Waals surface area contributed by atoms with Crippen molar-refractivity contribution in [3.8, 4) is 5.75 Å². The summed E-state index contributed by atoms with van der Waals surface area (Å²) in [4.78, 5) is 0. The van der Waals surface area contributed by atoms with E-state index in [4.69, 9.17) is 17.3 Å². The Morgan fingerprint density at radius 2 is 1.88 bits per heavy atom. The first kappa shape index (κ1) is 12.7. The molecule has 0 atom stereocenters. The monoisotopic (exact) mass is 253 g/mol. The van der Waals surface area contributed by atoms with Gasteiger partial charge in [-0.1, -0.05) is 30.5 Å². The lowest BCUT2D eigenvalue weighted by atomic mass is 9.76. The number of phenols is 1. The van der Waals surface area contributed by atoms with Gasteiger partial charge < -0.3 is 10.8 Å². The van der Waals surface area contributed by atoms with Crippen molar-refractivity contribution in [3.05, 3.63) is 27.8 Å². The predicted molar refractivity (Wildman–Crippen MR) is 71.8 cm³/mol. The summed E-state index contributed by atoms with van der Waals surface area (Å²) in [5.41, 5.74) is 8.92. The highest BCUT2D eigenvalue weighted by atomic mass is 35.5. The first-order chi connectivity index (χ1) is 8.02. The maximum atomic E-state index is 10.3. The Balaban J connectivity index is 2.62. The molecule has 94 valence electrons. The molecule has 1 aromatic carbocycles. The second-order valence-corrected chi connectivity index (χ2v) is 5.62. The van der Waals surface area contributed by atoms with E-state index in [1.165, 1.54) is 12.8 Å². The summed E-state index contributed by atoms with van der Waals surface area (Å²) in [6, 6.07) is 2.05. The van der Waals surface area contributed by atoms with E-state index in [0.29, 0.717) is 11.6 Å². The number of aryl methyl sites for hydroxylation is 2. The molecule has 0 saturated heterocycles. The predicted octanol–water partition coefficient (Wildman–Crippen LogP) is 3.43. The van der Waals surface area contributed by atoms with Crippen molar-refractivity contribution in [2.45, 2.75) is 44.9 Å². The molecule has 1 aliphatic rings. The van der Waals surface area contributed by atoms with Crippen LogP contribution in [0.1, 0.15) is 42.4 Å². The van der Waals surface area contributed by atoms with Gasteiger partial charge in [0.05, 0.1) is 5.02 Å². The number of hydrogen-bond acceptors (Lipinski definition) is 2. The van der Waals surface area contributed by atoms with Crippen LogP contribution in [0, 0.1) is 13.8 Å². The molecular formula is C14H20ClNO. The van der Waals surface area contributed by atoms with Crippen LogP contribution in [0.25, 0.3) is 0 Å². The van der Waals surface area contributed by atoms with E-state index in [2.05, 4.69) is 0 Å². The Morgan fingerprint density at radius 1 is 1.29 bits per heavy atom. The Morgan fingerprint density at radius 3 is 2.41 bits per heavy atom. The normalized spacial score (nSPS) is 18.6. The number of phenolic OH excluding ortho intramolecular Hbond substituents is 1. The number of nitrogens with two attached hydrogens (primary N) is 1. The molecule has 1 aromatic rings. The third-order valence-corrected chi connectivity index (χ3v) is 4.58. The summed E-state index contributed by atoms with van der Waals surface area (Å²) in [6.07, 6.45) is 4.47. The minimum atomic E-state index is -0.0640. The van der Waals surface area contributed by atoms with Gasteiger partial charge in [0, 0.05) is 17.5 Å². The highest BCUT2D eigenvalue weighted by molar-refractivity contribution is 6.33. The van der Waals surface area contributed by atoms with Gasteiger partial charge in [-0.2, -0.15) is 0 Å². The highest BCUT2D eigenvalue weighted by Gasteiger charge is 2.38. The van der Waals surface area contributed by atoms with E-state index in [9.17, 15) is 5.11 Å². The summed E-state index contributed by atoms with van der Waals surface area (Å²) >= 11 is 6.16. The minimum absolute atomic E-state index is 0.0640. The van der Waals surface area contributed by atoms with Crippen LogP contribution in [0.2, 0.25) is 5.02 Å². The van der Waals surface area contributed by atoms with E-state index < -0.39 is 0 Å². The van der Waals surface area contributed by atoms with Gasteiger partial charge in [0.25, 0.3) is 0 Å². The van der Waals surface area contributed by atoms with Crippen molar-refractivity contribution in [1.82, 2.24) is 0 Å². The Hall–Kier alpha value is -0.730. The van der Waals surface area contributed by atoms with Gasteiger partial charge >= 0.3 is 0 Å². The lowest BCUT2D eigenvalue weighted by molar-refractivity contribution is 0.403. The first-order valence-corrected chi connectivity index (χ1v) is 6.59. The molecule has 0 unspecified atom stereocenters. The Labute approximate surface area is 108 Å². The molecule has 1 saturated carbocycles. The molecule has 0 bridgehead atoms. The number of aromatic hydroxyl groups is 1. The average Bonchev–Trinajstić information content (AvgIpc) is 2.76. The van der Waals surface area contributed by atoms with E-state index in [1.54, 1.807) is 0 Å². The smallest absolute Gasteiger partial charge is 0.138 e. The number of rotatable bonds is 2. The summed E-state index contributed by atoms with van der Waals surface area (Å²) in [5, 5.41) is 10.8. The van der Waals surface area contributed by atoms with Crippen LogP contribution in [0.5, 0.6) is 5.75 Å². The van der Waals surface area contributed by atoms with Crippen molar-refractivity contribution in [1.29, 1.82) is 0 Å². The molecule has 1 fully saturated rings. The number of benzene rings is 1. The second-order valence-electron chi connectivity index (χ2n) is 5.24. The number of hydrogen-bond donors (Lipinski definition) is 2. The van der Waals surface area contributed by atoms with Crippen LogP contribution in [0.15, 0.2) is 6.07 Å². The quantitative estimate of drug-likeness (QED) is 0.848. The highest BCUT2D eigenvalue weighted by Crippen LogP contribution is 2.47. The van der Waals surface area contributed by atoms with Crippen LogP contribution >= 0.6 is 11.6 Å². The van der Waals surface area contributed by atoms with Crippen LogP contribution < -0.4 is 5.73 Å². The standard InChI is InChI=1S/C14H20ClNO/c1-9-7-10(2)12(15)13(17)11(9)14(8-16)5-3-4-6-14/h7,17H,3-6,8,16H2,1-2H3. The van der Waals surface area contributed by atoms with Crippen LogP contribution in [0.4, 0.5) is 0 Å². The fourth-order valence-corrected chi connectivity index (χ4v) is 3.37. The van der Waals surface area contributed by atoms with Crippen LogP contribution in [-0.2, 0) is 5.41 Å². The second kappa shape index (κ2) is 4.51. The summed E-state index contributed by atoms with van der Waals surface area (Å²) in [5.74, 6) is 0.247. The van der Waals surface area contributed by atoms with E-state index in [1.807, 2.05) is 19.9 Å². The van der Waals surface area contributed by atoms with Crippen molar-refractivity contribution >= 4 is 11.6 Å². The van der Waals surface area contributed by atoms with Gasteiger partial charge in [0.15, 0.2) is 0 Å². The van der Waals surface area contributed by atoms with Gasteiger partial charge in [0.2, 0.25) is 0 Å². The van der Waals surface area contributed by atoms with Crippen molar-refractivity contribution in [2.75, 3.05) is 6.54 Å². The molecule has 1 aliphatic carbocycles. The first-order valence-electron chi connectivity index (χ1n) is 6.21. The van der Waals surface area contributed by atoms with Crippen LogP contribution in [-0.4, -0.2) is 11.7 Å². The maximum absolute atomic E-state index is 10.3. The van der Waals surface area contributed by atoms with Crippen molar-refractivity contribution in [2.24, 2.45) is 5.73 Å². The van der Waals surface area contributed by atoms with Gasteiger partial charge in [0.1, 0.15) is 5.75 Å². The molecule has 0 amide bonds. The molecule has 2 nitrogen and oxygen atoms in total. The van der Waals surface area contributed by atoms with Crippen molar-refractivity contribution in [3.63, 3.8) is 0 Å². The third kappa shape index (κ3) is 1.94.